The van der Waals surface area contributed by atoms with Gasteiger partial charge in [-0.1, -0.05) is 60.7 Å². The Morgan fingerprint density at radius 1 is 0.600 bits per heavy atom. The smallest absolute Gasteiger partial charge is 0.262 e. The Morgan fingerprint density at radius 2 is 0.933 bits per heavy atom. The molecule has 0 aliphatic carbocycles. The van der Waals surface area contributed by atoms with E-state index in [0.717, 1.165) is 10.4 Å². The molecule has 76 valence electrons. The topological polar surface area (TPSA) is 52.0 Å². The van der Waals surface area contributed by atoms with Gasteiger partial charge in [-0.25, -0.2) is 0 Å². The van der Waals surface area contributed by atoms with E-state index in [1.54, 1.807) is 0 Å². The average molecular weight is 214 g/mol. The summed E-state index contributed by atoms with van der Waals surface area (Å²) in [7, 11) is -2.46. The van der Waals surface area contributed by atoms with Crippen LogP contribution in [-0.4, -0.2) is 8.40 Å². The van der Waals surface area contributed by atoms with Gasteiger partial charge in [-0.15, -0.1) is 0 Å². The van der Waals surface area contributed by atoms with E-state index >= 15 is 0 Å². The molecule has 0 heterocycles. The molecule has 0 atom stereocenters. The van der Waals surface area contributed by atoms with Gasteiger partial charge in [0.05, 0.1) is 0 Å². The zero-order valence-corrected chi connectivity index (χ0v) is 9.43. The van der Waals surface area contributed by atoms with Crippen molar-refractivity contribution in [3.8, 4) is 0 Å². The first-order valence-electron chi connectivity index (χ1n) is 4.90. The summed E-state index contributed by atoms with van der Waals surface area (Å²) < 4.78 is 0. The lowest BCUT2D eigenvalue weighted by Gasteiger charge is -2.21. The molecule has 0 bridgehead atoms. The lowest BCUT2D eigenvalue weighted by atomic mass is 10.4. The summed E-state index contributed by atoms with van der Waals surface area (Å²) in [4.78, 5) is 0. The van der Waals surface area contributed by atoms with E-state index in [9.17, 15) is 0 Å². The molecule has 2 aromatic rings. The number of benzene rings is 2. The van der Waals surface area contributed by atoms with E-state index in [-0.39, 0.29) is 0 Å². The van der Waals surface area contributed by atoms with Crippen LogP contribution in [-0.2, 0) is 0 Å². The van der Waals surface area contributed by atoms with Gasteiger partial charge in [0.1, 0.15) is 0 Å². The monoisotopic (exact) mass is 214 g/mol. The molecule has 0 spiro atoms. The Kier molecular flexibility index (Phi) is 2.68. The van der Waals surface area contributed by atoms with Crippen molar-refractivity contribution in [2.24, 2.45) is 10.8 Å². The van der Waals surface area contributed by atoms with E-state index in [1.165, 1.54) is 0 Å². The average Bonchev–Trinajstić information content (AvgIpc) is 2.31. The van der Waals surface area contributed by atoms with Crippen LogP contribution in [0.2, 0.25) is 0 Å². The predicted molar refractivity (Wildman–Crippen MR) is 66.3 cm³/mol. The van der Waals surface area contributed by atoms with Gasteiger partial charge in [0, 0.05) is 0 Å². The molecule has 15 heavy (non-hydrogen) atoms. The van der Waals surface area contributed by atoms with Gasteiger partial charge in [0.15, 0.2) is 0 Å². The minimum atomic E-state index is -2.46. The maximum atomic E-state index is 6.28. The minimum Gasteiger partial charge on any atom is -0.332 e. The summed E-state index contributed by atoms with van der Waals surface area (Å²) in [6.45, 7) is 0. The third kappa shape index (κ3) is 1.99. The van der Waals surface area contributed by atoms with Crippen molar-refractivity contribution >= 4 is 18.8 Å². The van der Waals surface area contributed by atoms with Crippen molar-refractivity contribution in [3.63, 3.8) is 0 Å². The molecule has 4 N–H and O–H groups in total. The second-order valence-electron chi connectivity index (χ2n) is 3.60. The van der Waals surface area contributed by atoms with Crippen LogP contribution in [0.15, 0.2) is 60.7 Å². The third-order valence-corrected chi connectivity index (χ3v) is 5.08. The molecule has 3 heteroatoms. The quantitative estimate of drug-likeness (QED) is 0.700. The molecule has 0 aliphatic rings. The lowest BCUT2D eigenvalue weighted by Crippen LogP contribution is -2.73. The highest BCUT2D eigenvalue weighted by molar-refractivity contribution is 6.97. The highest BCUT2D eigenvalue weighted by Gasteiger charge is 2.28. The highest BCUT2D eigenvalue weighted by Crippen LogP contribution is 1.93. The van der Waals surface area contributed by atoms with Crippen molar-refractivity contribution in [1.29, 1.82) is 0 Å². The van der Waals surface area contributed by atoms with Crippen molar-refractivity contribution < 1.29 is 0 Å². The van der Waals surface area contributed by atoms with Crippen LogP contribution in [0.25, 0.3) is 0 Å². The number of hydrogen-bond donors (Lipinski definition) is 2. The van der Waals surface area contributed by atoms with Crippen LogP contribution in [0.3, 0.4) is 0 Å². The van der Waals surface area contributed by atoms with E-state index in [2.05, 4.69) is 0 Å². The van der Waals surface area contributed by atoms with Gasteiger partial charge in [-0.2, -0.15) is 0 Å². The Morgan fingerprint density at radius 3 is 1.27 bits per heavy atom. The van der Waals surface area contributed by atoms with E-state index in [0.29, 0.717) is 0 Å². The van der Waals surface area contributed by atoms with Gasteiger partial charge in [0.2, 0.25) is 0 Å². The summed E-state index contributed by atoms with van der Waals surface area (Å²) >= 11 is 0. The molecule has 0 aromatic heterocycles. The summed E-state index contributed by atoms with van der Waals surface area (Å²) in [6, 6.07) is 19.8. The molecule has 0 saturated heterocycles. The second kappa shape index (κ2) is 3.98. The fraction of sp³-hybridized carbons (Fsp3) is 0. The summed E-state index contributed by atoms with van der Waals surface area (Å²) in [5.41, 5.74) is 0. The maximum absolute atomic E-state index is 6.28. The number of nitrogens with two attached hydrogens (primary N) is 2. The van der Waals surface area contributed by atoms with Gasteiger partial charge in [-0.3, -0.25) is 0 Å². The molecule has 0 unspecified atom stereocenters. The standard InChI is InChI=1S/C12H14N2Si/c13-15(14,11-7-3-1-4-8-11)12-9-5-2-6-10-12/h1-10H,13-14H2. The Labute approximate surface area is 90.7 Å². The van der Waals surface area contributed by atoms with E-state index in [1.807, 2.05) is 60.7 Å². The summed E-state index contributed by atoms with van der Waals surface area (Å²) in [6.07, 6.45) is 0. The summed E-state index contributed by atoms with van der Waals surface area (Å²) in [5, 5.41) is 14.7. The minimum absolute atomic E-state index is 1.05. The second-order valence-corrected chi connectivity index (χ2v) is 6.49. The molecule has 0 radical (unpaired) electrons. The van der Waals surface area contributed by atoms with Crippen LogP contribution < -0.4 is 21.2 Å². The molecule has 0 aliphatic heterocycles. The molecule has 0 fully saturated rings. The fourth-order valence-electron chi connectivity index (χ4n) is 1.59. The first kappa shape index (κ1) is 10.1. The zero-order valence-electron chi connectivity index (χ0n) is 8.43. The molecular formula is C12H14N2Si. The van der Waals surface area contributed by atoms with Crippen LogP contribution >= 0.6 is 0 Å². The van der Waals surface area contributed by atoms with Crippen molar-refractivity contribution in [1.82, 2.24) is 0 Å². The van der Waals surface area contributed by atoms with E-state index < -0.39 is 8.40 Å². The Hall–Kier alpha value is -1.42. The van der Waals surface area contributed by atoms with Crippen LogP contribution in [0.5, 0.6) is 0 Å². The molecular weight excluding hydrogens is 200 g/mol. The van der Waals surface area contributed by atoms with Crippen LogP contribution in [0, 0.1) is 0 Å². The van der Waals surface area contributed by atoms with Crippen molar-refractivity contribution in [3.05, 3.63) is 60.7 Å². The normalized spacial score (nSPS) is 11.3. The van der Waals surface area contributed by atoms with Crippen LogP contribution in [0.4, 0.5) is 0 Å². The van der Waals surface area contributed by atoms with Crippen molar-refractivity contribution in [2.45, 2.75) is 0 Å². The van der Waals surface area contributed by atoms with Gasteiger partial charge >= 0.3 is 0 Å². The highest BCUT2D eigenvalue weighted by atomic mass is 28.3. The largest absolute Gasteiger partial charge is 0.332 e. The predicted octanol–water partition coefficient (Wildman–Crippen LogP) is 0.160. The first-order chi connectivity index (χ1) is 7.21. The maximum Gasteiger partial charge on any atom is 0.262 e. The van der Waals surface area contributed by atoms with Crippen molar-refractivity contribution in [2.75, 3.05) is 0 Å². The molecule has 2 aromatic carbocycles. The van der Waals surface area contributed by atoms with Gasteiger partial charge < -0.3 is 10.8 Å². The molecule has 0 saturated carbocycles. The SMILES string of the molecule is N[Si](N)(c1ccccc1)c1ccccc1. The van der Waals surface area contributed by atoms with E-state index in [4.69, 9.17) is 10.8 Å². The summed E-state index contributed by atoms with van der Waals surface area (Å²) in [5.74, 6) is 0. The lowest BCUT2D eigenvalue weighted by molar-refractivity contribution is 1.54. The third-order valence-electron chi connectivity index (χ3n) is 2.50. The van der Waals surface area contributed by atoms with Gasteiger partial charge in [-0.05, 0) is 10.4 Å². The van der Waals surface area contributed by atoms with Crippen LogP contribution in [0.1, 0.15) is 0 Å². The fourth-order valence-corrected chi connectivity index (χ4v) is 3.42. The molecule has 2 nitrogen and oxygen atoms in total. The zero-order chi connectivity index (χ0) is 10.7. The molecule has 2 rings (SSSR count). The van der Waals surface area contributed by atoms with Gasteiger partial charge in [0.25, 0.3) is 8.40 Å². The number of rotatable bonds is 2. The molecule has 0 amide bonds. The Balaban J connectivity index is 2.44. The number of hydrogen-bond acceptors (Lipinski definition) is 2. The Bertz CT molecular complexity index is 384. The first-order valence-corrected chi connectivity index (χ1v) is 7.05.